The van der Waals surface area contributed by atoms with E-state index in [1.165, 1.54) is 31.5 Å². The summed E-state index contributed by atoms with van der Waals surface area (Å²) in [6.07, 6.45) is 2.40. The lowest BCUT2D eigenvalue weighted by Crippen LogP contribution is -2.41. The Morgan fingerprint density at radius 3 is 3.00 bits per heavy atom. The van der Waals surface area contributed by atoms with Crippen molar-refractivity contribution in [1.29, 1.82) is 0 Å². The number of halogens is 1. The second-order valence-electron chi connectivity index (χ2n) is 5.79. The van der Waals surface area contributed by atoms with Crippen LogP contribution in [-0.4, -0.2) is 36.5 Å². The zero-order valence-corrected chi connectivity index (χ0v) is 12.7. The van der Waals surface area contributed by atoms with Gasteiger partial charge in [-0.2, -0.15) is 0 Å². The fourth-order valence-electron chi connectivity index (χ4n) is 2.97. The van der Waals surface area contributed by atoms with Crippen LogP contribution in [0.15, 0.2) is 18.2 Å². The first-order valence-corrected chi connectivity index (χ1v) is 7.59. The third-order valence-corrected chi connectivity index (χ3v) is 4.32. The van der Waals surface area contributed by atoms with E-state index in [0.29, 0.717) is 5.92 Å². The van der Waals surface area contributed by atoms with Crippen molar-refractivity contribution in [2.45, 2.75) is 32.7 Å². The van der Waals surface area contributed by atoms with Gasteiger partial charge in [0.15, 0.2) is 0 Å². The molecular weight excluding hydrogens is 269 g/mol. The van der Waals surface area contributed by atoms with E-state index >= 15 is 0 Å². The average Bonchev–Trinajstić information content (AvgIpc) is 2.49. The molecule has 1 aromatic rings. The van der Waals surface area contributed by atoms with E-state index in [4.69, 9.17) is 5.73 Å². The van der Waals surface area contributed by atoms with Crippen LogP contribution in [0.3, 0.4) is 0 Å². The standard InChI is InChI=1S/C16H24FN3O/c1-3-20-8-4-5-12(10-20)11(2)19-13-6-7-15(17)14(9-13)16(18)21/h6-7,9,11-12,19H,3-5,8,10H2,1-2H3,(H2,18,21). The molecule has 0 saturated carbocycles. The second kappa shape index (κ2) is 6.89. The van der Waals surface area contributed by atoms with Crippen molar-refractivity contribution in [3.63, 3.8) is 0 Å². The number of carbonyl (C=O) groups excluding carboxylic acids is 1. The highest BCUT2D eigenvalue weighted by molar-refractivity contribution is 5.94. The van der Waals surface area contributed by atoms with Gasteiger partial charge in [0.1, 0.15) is 5.82 Å². The molecule has 116 valence electrons. The number of piperidine rings is 1. The molecule has 0 aliphatic carbocycles. The maximum absolute atomic E-state index is 13.5. The smallest absolute Gasteiger partial charge is 0.251 e. The van der Waals surface area contributed by atoms with Gasteiger partial charge in [-0.15, -0.1) is 0 Å². The molecule has 0 bridgehead atoms. The minimum atomic E-state index is -0.737. The van der Waals surface area contributed by atoms with Gasteiger partial charge in [-0.3, -0.25) is 4.79 Å². The molecule has 1 aliphatic rings. The summed E-state index contributed by atoms with van der Waals surface area (Å²) in [4.78, 5) is 13.6. The number of nitrogens with zero attached hydrogens (tertiary/aromatic N) is 1. The molecular formula is C16H24FN3O. The molecule has 1 heterocycles. The first-order chi connectivity index (χ1) is 10.0. The summed E-state index contributed by atoms with van der Waals surface area (Å²) in [6.45, 7) is 7.64. The molecule has 5 heteroatoms. The van der Waals surface area contributed by atoms with Gasteiger partial charge in [-0.1, -0.05) is 6.92 Å². The van der Waals surface area contributed by atoms with Gasteiger partial charge in [0.2, 0.25) is 0 Å². The van der Waals surface area contributed by atoms with Crippen LogP contribution in [0.4, 0.5) is 10.1 Å². The van der Waals surface area contributed by atoms with Gasteiger partial charge in [-0.05, 0) is 57.0 Å². The molecule has 2 rings (SSSR count). The monoisotopic (exact) mass is 293 g/mol. The van der Waals surface area contributed by atoms with E-state index in [9.17, 15) is 9.18 Å². The summed E-state index contributed by atoms with van der Waals surface area (Å²) in [5, 5.41) is 3.38. The molecule has 1 saturated heterocycles. The van der Waals surface area contributed by atoms with Crippen molar-refractivity contribution >= 4 is 11.6 Å². The Bertz CT molecular complexity index is 506. The molecule has 3 N–H and O–H groups in total. The quantitative estimate of drug-likeness (QED) is 0.876. The highest BCUT2D eigenvalue weighted by Crippen LogP contribution is 2.23. The lowest BCUT2D eigenvalue weighted by molar-refractivity contribution is 0.0996. The SMILES string of the molecule is CCN1CCCC(C(C)Nc2ccc(F)c(C(N)=O)c2)C1. The molecule has 0 spiro atoms. The summed E-state index contributed by atoms with van der Waals surface area (Å²) in [5.41, 5.74) is 5.86. The number of anilines is 1. The number of likely N-dealkylation sites (tertiary alicyclic amines) is 1. The number of nitrogens with two attached hydrogens (primary N) is 1. The van der Waals surface area contributed by atoms with Gasteiger partial charge < -0.3 is 16.0 Å². The van der Waals surface area contributed by atoms with Crippen molar-refractivity contribution in [2.24, 2.45) is 11.7 Å². The topological polar surface area (TPSA) is 58.4 Å². The van der Waals surface area contributed by atoms with Crippen molar-refractivity contribution in [1.82, 2.24) is 4.90 Å². The van der Waals surface area contributed by atoms with E-state index in [0.717, 1.165) is 18.8 Å². The Morgan fingerprint density at radius 2 is 2.33 bits per heavy atom. The molecule has 1 fully saturated rings. The number of carbonyl (C=O) groups is 1. The Morgan fingerprint density at radius 1 is 1.57 bits per heavy atom. The van der Waals surface area contributed by atoms with E-state index < -0.39 is 11.7 Å². The van der Waals surface area contributed by atoms with Crippen molar-refractivity contribution in [2.75, 3.05) is 25.0 Å². The summed E-state index contributed by atoms with van der Waals surface area (Å²) in [7, 11) is 0. The highest BCUT2D eigenvalue weighted by atomic mass is 19.1. The summed E-state index contributed by atoms with van der Waals surface area (Å²) in [6, 6.07) is 4.70. The first kappa shape index (κ1) is 15.8. The lowest BCUT2D eigenvalue weighted by Gasteiger charge is -2.35. The minimum absolute atomic E-state index is 0.0639. The molecule has 4 nitrogen and oxygen atoms in total. The Hall–Kier alpha value is -1.62. The minimum Gasteiger partial charge on any atom is -0.382 e. The van der Waals surface area contributed by atoms with Crippen LogP contribution < -0.4 is 11.1 Å². The van der Waals surface area contributed by atoms with Crippen molar-refractivity contribution < 1.29 is 9.18 Å². The number of amides is 1. The maximum Gasteiger partial charge on any atom is 0.251 e. The largest absolute Gasteiger partial charge is 0.382 e. The first-order valence-electron chi connectivity index (χ1n) is 7.59. The van der Waals surface area contributed by atoms with Gasteiger partial charge >= 0.3 is 0 Å². The second-order valence-corrected chi connectivity index (χ2v) is 5.79. The maximum atomic E-state index is 13.5. The molecule has 0 aromatic heterocycles. The average molecular weight is 293 g/mol. The summed E-state index contributed by atoms with van der Waals surface area (Å²) in [5.74, 6) is -0.755. The predicted octanol–water partition coefficient (Wildman–Crippen LogP) is 2.46. The van der Waals surface area contributed by atoms with Crippen molar-refractivity contribution in [3.8, 4) is 0 Å². The molecule has 1 aromatic carbocycles. The van der Waals surface area contributed by atoms with E-state index in [-0.39, 0.29) is 11.6 Å². The van der Waals surface area contributed by atoms with Crippen LogP contribution in [0, 0.1) is 11.7 Å². The molecule has 1 amide bonds. The number of nitrogens with one attached hydrogen (secondary N) is 1. The number of hydrogen-bond donors (Lipinski definition) is 2. The molecule has 1 aliphatic heterocycles. The van der Waals surface area contributed by atoms with Gasteiger partial charge in [0.05, 0.1) is 5.56 Å². The van der Waals surface area contributed by atoms with E-state index in [1.807, 2.05) is 0 Å². The summed E-state index contributed by atoms with van der Waals surface area (Å²) < 4.78 is 13.5. The van der Waals surface area contributed by atoms with Crippen LogP contribution in [-0.2, 0) is 0 Å². The molecule has 0 radical (unpaired) electrons. The zero-order chi connectivity index (χ0) is 15.4. The van der Waals surface area contributed by atoms with Crippen LogP contribution in [0.1, 0.15) is 37.0 Å². The lowest BCUT2D eigenvalue weighted by atomic mass is 9.91. The Kier molecular flexibility index (Phi) is 5.17. The highest BCUT2D eigenvalue weighted by Gasteiger charge is 2.24. The van der Waals surface area contributed by atoms with Crippen LogP contribution in [0.2, 0.25) is 0 Å². The van der Waals surface area contributed by atoms with Gasteiger partial charge in [0, 0.05) is 18.3 Å². The predicted molar refractivity (Wildman–Crippen MR) is 82.8 cm³/mol. The molecule has 21 heavy (non-hydrogen) atoms. The Labute approximate surface area is 125 Å². The van der Waals surface area contributed by atoms with Crippen LogP contribution >= 0.6 is 0 Å². The van der Waals surface area contributed by atoms with E-state index in [1.54, 1.807) is 6.07 Å². The molecule has 2 unspecified atom stereocenters. The normalized spacial score (nSPS) is 21.0. The summed E-state index contributed by atoms with van der Waals surface area (Å²) >= 11 is 0. The fourth-order valence-corrected chi connectivity index (χ4v) is 2.97. The number of hydrogen-bond acceptors (Lipinski definition) is 3. The number of primary amides is 1. The third-order valence-electron chi connectivity index (χ3n) is 4.32. The Balaban J connectivity index is 2.03. The number of benzene rings is 1. The van der Waals surface area contributed by atoms with Gasteiger partial charge in [-0.25, -0.2) is 4.39 Å². The molecule has 2 atom stereocenters. The van der Waals surface area contributed by atoms with Crippen LogP contribution in [0.25, 0.3) is 0 Å². The zero-order valence-electron chi connectivity index (χ0n) is 12.7. The van der Waals surface area contributed by atoms with Crippen molar-refractivity contribution in [3.05, 3.63) is 29.6 Å². The third kappa shape index (κ3) is 3.94. The van der Waals surface area contributed by atoms with Gasteiger partial charge in [0.25, 0.3) is 5.91 Å². The van der Waals surface area contributed by atoms with Crippen LogP contribution in [0.5, 0.6) is 0 Å². The van der Waals surface area contributed by atoms with E-state index in [2.05, 4.69) is 24.1 Å². The number of rotatable bonds is 5. The fraction of sp³-hybridized carbons (Fsp3) is 0.562.